The molecule has 7 heteroatoms. The fourth-order valence-corrected chi connectivity index (χ4v) is 1.80. The Balaban J connectivity index is 2.48. The quantitative estimate of drug-likeness (QED) is 0.449. The summed E-state index contributed by atoms with van der Waals surface area (Å²) in [5, 5.41) is 9.88. The predicted molar refractivity (Wildman–Crippen MR) is 59.8 cm³/mol. The zero-order valence-corrected chi connectivity index (χ0v) is 10.4. The molecular weight excluding hydrogens is 334 g/mol. The fraction of sp³-hybridized carbons (Fsp3) is 0.250. The van der Waals surface area contributed by atoms with Gasteiger partial charge in [-0.15, -0.1) is 0 Å². The van der Waals surface area contributed by atoms with Crippen LogP contribution in [0.3, 0.4) is 0 Å². The van der Waals surface area contributed by atoms with Gasteiger partial charge in [0, 0.05) is 6.07 Å². The van der Waals surface area contributed by atoms with Crippen molar-refractivity contribution in [2.24, 2.45) is 0 Å². The molecule has 15 heavy (non-hydrogen) atoms. The third kappa shape index (κ3) is 1.93. The van der Waals surface area contributed by atoms with E-state index >= 15 is 0 Å². The number of hydrogen-bond acceptors (Lipinski definition) is 4. The average molecular weight is 339 g/mol. The number of nitrogens with zero attached hydrogens (tertiary/aromatic N) is 1. The van der Waals surface area contributed by atoms with Gasteiger partial charge < -0.3 is 9.47 Å². The molecule has 1 aromatic rings. The summed E-state index contributed by atoms with van der Waals surface area (Å²) in [6.45, 7) is 0. The Morgan fingerprint density at radius 1 is 1.27 bits per heavy atom. The lowest BCUT2D eigenvalue weighted by Gasteiger charge is -2.26. The first-order valence-electron chi connectivity index (χ1n) is 3.98. The number of benzene rings is 1. The van der Waals surface area contributed by atoms with E-state index in [-0.39, 0.29) is 16.5 Å². The van der Waals surface area contributed by atoms with Gasteiger partial charge in [0.05, 0.1) is 4.92 Å². The van der Waals surface area contributed by atoms with Gasteiger partial charge in [0.1, 0.15) is 0 Å². The summed E-state index contributed by atoms with van der Waals surface area (Å²) in [5.74, 6) is 0.516. The van der Waals surface area contributed by atoms with E-state index < -0.39 is 9.94 Å². The Morgan fingerprint density at radius 3 is 2.60 bits per heavy atom. The zero-order valence-electron chi connectivity index (χ0n) is 7.22. The van der Waals surface area contributed by atoms with Crippen LogP contribution < -0.4 is 9.47 Å². The van der Waals surface area contributed by atoms with E-state index in [0.717, 1.165) is 0 Å². The minimum absolute atomic E-state index is 0.101. The minimum atomic E-state index is -0.504. The van der Waals surface area contributed by atoms with E-state index in [1.54, 1.807) is 12.1 Å². The van der Waals surface area contributed by atoms with Crippen molar-refractivity contribution < 1.29 is 14.4 Å². The standard InChI is InChI=1S/C8H5Br2NO4/c9-7-8(10)15-6-4(11(12)13)2-1-3-5(6)14-7/h1-3,7-8H. The summed E-state index contributed by atoms with van der Waals surface area (Å²) >= 11 is 6.41. The van der Waals surface area contributed by atoms with Crippen molar-refractivity contribution in [1.29, 1.82) is 0 Å². The molecule has 0 aromatic heterocycles. The highest BCUT2D eigenvalue weighted by atomic mass is 79.9. The van der Waals surface area contributed by atoms with E-state index in [1.165, 1.54) is 6.07 Å². The van der Waals surface area contributed by atoms with Gasteiger partial charge in [-0.3, -0.25) is 10.1 Å². The molecule has 0 aliphatic carbocycles. The molecule has 1 aliphatic heterocycles. The second-order valence-corrected chi connectivity index (χ2v) is 4.60. The van der Waals surface area contributed by atoms with Gasteiger partial charge in [-0.2, -0.15) is 0 Å². The Labute approximate surface area is 102 Å². The molecular formula is C8H5Br2NO4. The number of nitro groups is 1. The van der Waals surface area contributed by atoms with E-state index in [4.69, 9.17) is 9.47 Å². The number of alkyl halides is 2. The third-order valence-electron chi connectivity index (χ3n) is 1.83. The van der Waals surface area contributed by atoms with Crippen LogP contribution in [-0.4, -0.2) is 14.9 Å². The summed E-state index contributed by atoms with van der Waals surface area (Å²) in [5.41, 5.74) is -0.101. The molecule has 1 aliphatic rings. The average Bonchev–Trinajstić information content (AvgIpc) is 2.18. The predicted octanol–water partition coefficient (Wildman–Crippen LogP) is 2.81. The van der Waals surface area contributed by atoms with Crippen LogP contribution in [0.25, 0.3) is 0 Å². The van der Waals surface area contributed by atoms with Crippen LogP contribution in [0.15, 0.2) is 18.2 Å². The minimum Gasteiger partial charge on any atom is -0.470 e. The Morgan fingerprint density at radius 2 is 1.93 bits per heavy atom. The highest BCUT2D eigenvalue weighted by Crippen LogP contribution is 2.43. The number of hydrogen-bond donors (Lipinski definition) is 0. The first-order valence-corrected chi connectivity index (χ1v) is 5.81. The van der Waals surface area contributed by atoms with Crippen LogP contribution in [0.2, 0.25) is 0 Å². The van der Waals surface area contributed by atoms with Crippen LogP contribution in [0.1, 0.15) is 0 Å². The smallest absolute Gasteiger partial charge is 0.314 e. The van der Waals surface area contributed by atoms with Crippen molar-refractivity contribution in [2.75, 3.05) is 0 Å². The molecule has 0 saturated heterocycles. The molecule has 0 amide bonds. The van der Waals surface area contributed by atoms with Crippen molar-refractivity contribution in [3.63, 3.8) is 0 Å². The molecule has 0 radical (unpaired) electrons. The van der Waals surface area contributed by atoms with Gasteiger partial charge in [-0.05, 0) is 37.9 Å². The zero-order chi connectivity index (χ0) is 11.0. The number of rotatable bonds is 1. The Bertz CT molecular complexity index is 412. The van der Waals surface area contributed by atoms with Crippen molar-refractivity contribution in [3.05, 3.63) is 28.3 Å². The van der Waals surface area contributed by atoms with E-state index in [0.29, 0.717) is 5.75 Å². The van der Waals surface area contributed by atoms with Crippen LogP contribution >= 0.6 is 31.9 Å². The van der Waals surface area contributed by atoms with Gasteiger partial charge >= 0.3 is 5.69 Å². The number of nitro benzene ring substituents is 1. The number of halogens is 2. The van der Waals surface area contributed by atoms with Gasteiger partial charge in [0.15, 0.2) is 15.8 Å². The van der Waals surface area contributed by atoms with Crippen LogP contribution in [0.4, 0.5) is 5.69 Å². The van der Waals surface area contributed by atoms with Crippen molar-refractivity contribution in [1.82, 2.24) is 0 Å². The lowest BCUT2D eigenvalue weighted by molar-refractivity contribution is -0.386. The Kier molecular flexibility index (Phi) is 2.83. The largest absolute Gasteiger partial charge is 0.470 e. The van der Waals surface area contributed by atoms with Crippen molar-refractivity contribution >= 4 is 37.5 Å². The molecule has 2 atom stereocenters. The first-order chi connectivity index (χ1) is 7.09. The number of ether oxygens (including phenoxy) is 2. The van der Waals surface area contributed by atoms with Gasteiger partial charge in [-0.1, -0.05) is 6.07 Å². The molecule has 1 heterocycles. The molecule has 5 nitrogen and oxygen atoms in total. The van der Waals surface area contributed by atoms with E-state index in [1.807, 2.05) is 0 Å². The molecule has 1 aromatic carbocycles. The SMILES string of the molecule is O=[N+]([O-])c1cccc2c1OC(Br)C(Br)O2. The maximum absolute atomic E-state index is 10.7. The monoisotopic (exact) mass is 337 g/mol. The number of fused-ring (bicyclic) bond motifs is 1. The second kappa shape index (κ2) is 3.97. The highest BCUT2D eigenvalue weighted by Gasteiger charge is 2.32. The fourth-order valence-electron chi connectivity index (χ4n) is 1.20. The molecule has 0 saturated carbocycles. The van der Waals surface area contributed by atoms with Gasteiger partial charge in [-0.25, -0.2) is 0 Å². The van der Waals surface area contributed by atoms with Crippen LogP contribution in [0, 0.1) is 10.1 Å². The second-order valence-electron chi connectivity index (χ2n) is 2.80. The first kappa shape index (κ1) is 10.7. The number of para-hydroxylation sites is 1. The van der Waals surface area contributed by atoms with Crippen LogP contribution in [0.5, 0.6) is 11.5 Å². The third-order valence-corrected chi connectivity index (χ3v) is 3.87. The molecule has 0 N–H and O–H groups in total. The highest BCUT2D eigenvalue weighted by molar-refractivity contribution is 9.12. The summed E-state index contributed by atoms with van der Waals surface area (Å²) in [6, 6.07) is 4.54. The Hall–Kier alpha value is -0.820. The summed E-state index contributed by atoms with van der Waals surface area (Å²) in [4.78, 5) is 10.2. The molecule has 0 spiro atoms. The van der Waals surface area contributed by atoms with Gasteiger partial charge in [0.2, 0.25) is 5.75 Å². The molecule has 2 rings (SSSR count). The molecule has 2 unspecified atom stereocenters. The lowest BCUT2D eigenvalue weighted by Crippen LogP contribution is -2.30. The van der Waals surface area contributed by atoms with Crippen molar-refractivity contribution in [3.8, 4) is 11.5 Å². The summed E-state index contributed by atoms with van der Waals surface area (Å²) in [6.07, 6.45) is 0. The van der Waals surface area contributed by atoms with E-state index in [9.17, 15) is 10.1 Å². The van der Waals surface area contributed by atoms with Crippen molar-refractivity contribution in [2.45, 2.75) is 10.0 Å². The van der Waals surface area contributed by atoms with Crippen LogP contribution in [-0.2, 0) is 0 Å². The summed E-state index contributed by atoms with van der Waals surface area (Å²) in [7, 11) is 0. The summed E-state index contributed by atoms with van der Waals surface area (Å²) < 4.78 is 10.7. The topological polar surface area (TPSA) is 61.6 Å². The molecule has 0 bridgehead atoms. The normalized spacial score (nSPS) is 23.6. The van der Waals surface area contributed by atoms with Gasteiger partial charge in [0.25, 0.3) is 0 Å². The maximum Gasteiger partial charge on any atom is 0.314 e. The molecule has 0 fully saturated rings. The maximum atomic E-state index is 10.7. The van der Waals surface area contributed by atoms with E-state index in [2.05, 4.69) is 31.9 Å². The lowest BCUT2D eigenvalue weighted by atomic mass is 10.2. The molecule has 80 valence electrons.